The molecule has 24 heavy (non-hydrogen) atoms. The normalized spacial score (nSPS) is 10.4. The number of rotatable bonds is 6. The Morgan fingerprint density at radius 1 is 1.21 bits per heavy atom. The van der Waals surface area contributed by atoms with Gasteiger partial charge in [-0.25, -0.2) is 4.98 Å². The van der Waals surface area contributed by atoms with Crippen molar-refractivity contribution in [1.29, 1.82) is 0 Å². The molecule has 122 valence electrons. The lowest BCUT2D eigenvalue weighted by Crippen LogP contribution is -2.13. The summed E-state index contributed by atoms with van der Waals surface area (Å²) in [6.45, 7) is 0. The molecule has 0 radical (unpaired) electrons. The fourth-order valence-electron chi connectivity index (χ4n) is 2.26. The molecule has 0 saturated carbocycles. The number of benzene rings is 1. The van der Waals surface area contributed by atoms with Crippen molar-refractivity contribution >= 4 is 22.9 Å². The highest BCUT2D eigenvalue weighted by atomic mass is 32.1. The molecule has 0 spiro atoms. The molecule has 3 rings (SSSR count). The third-order valence-corrected chi connectivity index (χ3v) is 4.38. The van der Waals surface area contributed by atoms with Gasteiger partial charge in [-0.15, -0.1) is 11.3 Å². The summed E-state index contributed by atoms with van der Waals surface area (Å²) >= 11 is 1.56. The molecule has 0 fully saturated rings. The van der Waals surface area contributed by atoms with Crippen LogP contribution >= 0.6 is 11.3 Å². The number of aromatic nitrogens is 2. The number of hydrogen-bond acceptors (Lipinski definition) is 5. The standard InChI is InChI=1S/C18H17N3O2S/c1-23-16-5-3-2-4-14(16)20-17(22)6-7-18-21-15(12-24-18)13-8-10-19-11-9-13/h2-5,8-12H,6-7H2,1H3,(H,20,22). The van der Waals surface area contributed by atoms with Crippen LogP contribution in [0.2, 0.25) is 0 Å². The van der Waals surface area contributed by atoms with Crippen LogP contribution in [0.3, 0.4) is 0 Å². The highest BCUT2D eigenvalue weighted by molar-refractivity contribution is 7.09. The number of carbonyl (C=O) groups is 1. The van der Waals surface area contributed by atoms with E-state index in [2.05, 4.69) is 15.3 Å². The summed E-state index contributed by atoms with van der Waals surface area (Å²) in [5.74, 6) is 0.597. The minimum atomic E-state index is -0.0554. The van der Waals surface area contributed by atoms with Gasteiger partial charge in [0, 0.05) is 36.2 Å². The molecule has 2 aromatic heterocycles. The van der Waals surface area contributed by atoms with Crippen LogP contribution in [0.4, 0.5) is 5.69 Å². The monoisotopic (exact) mass is 339 g/mol. The molecule has 3 aromatic rings. The summed E-state index contributed by atoms with van der Waals surface area (Å²) in [6.07, 6.45) is 4.47. The second-order valence-electron chi connectivity index (χ2n) is 5.11. The molecule has 0 aliphatic heterocycles. The van der Waals surface area contributed by atoms with Gasteiger partial charge in [-0.2, -0.15) is 0 Å². The molecule has 0 aliphatic rings. The first-order valence-corrected chi connectivity index (χ1v) is 8.42. The maximum atomic E-state index is 12.1. The van der Waals surface area contributed by atoms with Crippen molar-refractivity contribution in [3.8, 4) is 17.0 Å². The molecule has 1 N–H and O–H groups in total. The molecule has 2 heterocycles. The molecule has 0 unspecified atom stereocenters. The number of thiazole rings is 1. The van der Waals surface area contributed by atoms with E-state index in [9.17, 15) is 4.79 Å². The number of carbonyl (C=O) groups excluding carboxylic acids is 1. The zero-order valence-corrected chi connectivity index (χ0v) is 14.0. The Labute approximate surface area is 144 Å². The summed E-state index contributed by atoms with van der Waals surface area (Å²) in [6, 6.07) is 11.2. The third kappa shape index (κ3) is 3.97. The molecule has 0 atom stereocenters. The Bertz CT molecular complexity index is 818. The van der Waals surface area contributed by atoms with Crippen LogP contribution < -0.4 is 10.1 Å². The van der Waals surface area contributed by atoms with Gasteiger partial charge in [-0.05, 0) is 24.3 Å². The van der Waals surface area contributed by atoms with E-state index in [4.69, 9.17) is 4.74 Å². The Morgan fingerprint density at radius 2 is 2.00 bits per heavy atom. The van der Waals surface area contributed by atoms with Gasteiger partial charge in [0.2, 0.25) is 5.91 Å². The van der Waals surface area contributed by atoms with Gasteiger partial charge in [0.05, 0.1) is 23.5 Å². The lowest BCUT2D eigenvalue weighted by atomic mass is 10.2. The first-order chi connectivity index (χ1) is 11.8. The van der Waals surface area contributed by atoms with Crippen LogP contribution in [-0.2, 0) is 11.2 Å². The number of methoxy groups -OCH3 is 1. The Kier molecular flexibility index (Phi) is 5.18. The van der Waals surface area contributed by atoms with Crippen LogP contribution in [0.15, 0.2) is 54.2 Å². The molecule has 1 aromatic carbocycles. The van der Waals surface area contributed by atoms with Gasteiger partial charge < -0.3 is 10.1 Å². The second-order valence-corrected chi connectivity index (χ2v) is 6.05. The average molecular weight is 339 g/mol. The summed E-state index contributed by atoms with van der Waals surface area (Å²) < 4.78 is 5.23. The van der Waals surface area contributed by atoms with Crippen molar-refractivity contribution in [3.63, 3.8) is 0 Å². The van der Waals surface area contributed by atoms with E-state index in [1.165, 1.54) is 0 Å². The van der Waals surface area contributed by atoms with Gasteiger partial charge in [-0.3, -0.25) is 9.78 Å². The van der Waals surface area contributed by atoms with Gasteiger partial charge in [0.25, 0.3) is 0 Å². The van der Waals surface area contributed by atoms with E-state index >= 15 is 0 Å². The molecule has 1 amide bonds. The first kappa shape index (κ1) is 16.1. The fourth-order valence-corrected chi connectivity index (χ4v) is 3.07. The van der Waals surface area contributed by atoms with Crippen molar-refractivity contribution in [1.82, 2.24) is 9.97 Å². The zero-order chi connectivity index (χ0) is 16.8. The van der Waals surface area contributed by atoms with E-state index in [0.717, 1.165) is 16.3 Å². The quantitative estimate of drug-likeness (QED) is 0.742. The van der Waals surface area contributed by atoms with Crippen molar-refractivity contribution in [3.05, 3.63) is 59.2 Å². The number of para-hydroxylation sites is 2. The maximum absolute atomic E-state index is 12.1. The van der Waals surface area contributed by atoms with Gasteiger partial charge in [0.15, 0.2) is 0 Å². The Hall–Kier alpha value is -2.73. The number of anilines is 1. The molecular weight excluding hydrogens is 322 g/mol. The number of ether oxygens (including phenoxy) is 1. The van der Waals surface area contributed by atoms with Crippen LogP contribution in [0, 0.1) is 0 Å². The molecule has 5 nitrogen and oxygen atoms in total. The number of hydrogen-bond donors (Lipinski definition) is 1. The fraction of sp³-hybridized carbons (Fsp3) is 0.167. The lowest BCUT2D eigenvalue weighted by Gasteiger charge is -2.09. The maximum Gasteiger partial charge on any atom is 0.224 e. The largest absolute Gasteiger partial charge is 0.495 e. The molecule has 6 heteroatoms. The molecule has 0 aliphatic carbocycles. The second kappa shape index (κ2) is 7.70. The van der Waals surface area contributed by atoms with Gasteiger partial charge in [0.1, 0.15) is 5.75 Å². The molecule has 0 bridgehead atoms. The van der Waals surface area contributed by atoms with Crippen LogP contribution in [0.5, 0.6) is 5.75 Å². The summed E-state index contributed by atoms with van der Waals surface area (Å²) in [5.41, 5.74) is 2.63. The van der Waals surface area contributed by atoms with E-state index < -0.39 is 0 Å². The average Bonchev–Trinajstić information content (AvgIpc) is 3.10. The van der Waals surface area contributed by atoms with Crippen molar-refractivity contribution in [2.45, 2.75) is 12.8 Å². The number of amides is 1. The SMILES string of the molecule is COc1ccccc1NC(=O)CCc1nc(-c2ccncc2)cs1. The van der Waals surface area contributed by atoms with E-state index in [1.54, 1.807) is 30.8 Å². The lowest BCUT2D eigenvalue weighted by molar-refractivity contribution is -0.116. The zero-order valence-electron chi connectivity index (χ0n) is 13.2. The number of pyridine rings is 1. The topological polar surface area (TPSA) is 64.1 Å². The first-order valence-electron chi connectivity index (χ1n) is 7.54. The third-order valence-electron chi connectivity index (χ3n) is 3.47. The van der Waals surface area contributed by atoms with Crippen molar-refractivity contribution in [2.24, 2.45) is 0 Å². The minimum Gasteiger partial charge on any atom is -0.495 e. The Balaban J connectivity index is 1.58. The minimum absolute atomic E-state index is 0.0554. The molecule has 0 saturated heterocycles. The Morgan fingerprint density at radius 3 is 2.79 bits per heavy atom. The van der Waals surface area contributed by atoms with E-state index in [1.807, 2.05) is 41.8 Å². The smallest absolute Gasteiger partial charge is 0.224 e. The van der Waals surface area contributed by atoms with Crippen molar-refractivity contribution < 1.29 is 9.53 Å². The van der Waals surface area contributed by atoms with Crippen LogP contribution in [0.25, 0.3) is 11.3 Å². The highest BCUT2D eigenvalue weighted by Crippen LogP contribution is 2.24. The van der Waals surface area contributed by atoms with E-state index in [0.29, 0.717) is 24.3 Å². The highest BCUT2D eigenvalue weighted by Gasteiger charge is 2.09. The van der Waals surface area contributed by atoms with E-state index in [-0.39, 0.29) is 5.91 Å². The number of aryl methyl sites for hydroxylation is 1. The van der Waals surface area contributed by atoms with Crippen LogP contribution in [0.1, 0.15) is 11.4 Å². The predicted molar refractivity (Wildman–Crippen MR) is 95.3 cm³/mol. The number of nitrogens with one attached hydrogen (secondary N) is 1. The van der Waals surface area contributed by atoms with Crippen molar-refractivity contribution in [2.75, 3.05) is 12.4 Å². The summed E-state index contributed by atoms with van der Waals surface area (Å²) in [5, 5.41) is 5.82. The summed E-state index contributed by atoms with van der Waals surface area (Å²) in [7, 11) is 1.58. The molecular formula is C18H17N3O2S. The van der Waals surface area contributed by atoms with Crippen LogP contribution in [-0.4, -0.2) is 23.0 Å². The van der Waals surface area contributed by atoms with Gasteiger partial charge >= 0.3 is 0 Å². The van der Waals surface area contributed by atoms with Gasteiger partial charge in [-0.1, -0.05) is 12.1 Å². The summed E-state index contributed by atoms with van der Waals surface area (Å²) in [4.78, 5) is 20.7. The predicted octanol–water partition coefficient (Wildman–Crippen LogP) is 3.79. The number of nitrogens with zero attached hydrogens (tertiary/aromatic N) is 2.